The van der Waals surface area contributed by atoms with Crippen molar-refractivity contribution in [1.29, 1.82) is 0 Å². The quantitative estimate of drug-likeness (QED) is 0.856. The van der Waals surface area contributed by atoms with Crippen LogP contribution in [-0.2, 0) is 14.8 Å². The molecule has 2 aliphatic rings. The van der Waals surface area contributed by atoms with E-state index in [0.717, 1.165) is 23.6 Å². The second-order valence-electron chi connectivity index (χ2n) is 5.71. The fraction of sp³-hybridized carbons (Fsp3) is 0.917. The van der Waals surface area contributed by atoms with Crippen LogP contribution in [0, 0.1) is 5.92 Å². The zero-order valence-electron chi connectivity index (χ0n) is 11.3. The Morgan fingerprint density at radius 3 is 2.43 bits per heavy atom. The Kier molecular flexibility index (Phi) is 4.53. The Labute approximate surface area is 121 Å². The fourth-order valence-electron chi connectivity index (χ4n) is 3.38. The number of hydrogen-bond donors (Lipinski definition) is 1. The van der Waals surface area contributed by atoms with Crippen LogP contribution in [0.3, 0.4) is 0 Å². The molecule has 0 amide bonds. The maximum absolute atomic E-state index is 12.3. The van der Waals surface area contributed by atoms with Crippen LogP contribution < -0.4 is 0 Å². The van der Waals surface area contributed by atoms with Gasteiger partial charge in [-0.05, 0) is 25.2 Å². The highest BCUT2D eigenvalue weighted by Gasteiger charge is 2.51. The van der Waals surface area contributed by atoms with Gasteiger partial charge in [0.1, 0.15) is 6.04 Å². The monoisotopic (exact) mass is 329 g/mol. The van der Waals surface area contributed by atoms with E-state index in [1.807, 2.05) is 0 Å². The number of carbonyl (C=O) groups is 1. The molecule has 3 atom stereocenters. The van der Waals surface area contributed by atoms with Gasteiger partial charge in [-0.15, -0.1) is 0 Å². The van der Waals surface area contributed by atoms with Crippen molar-refractivity contribution in [3.8, 4) is 0 Å². The fourth-order valence-corrected chi connectivity index (χ4v) is 5.33. The van der Waals surface area contributed by atoms with E-state index >= 15 is 0 Å². The van der Waals surface area contributed by atoms with E-state index in [-0.39, 0.29) is 12.3 Å². The largest absolute Gasteiger partial charge is 0.480 e. The summed E-state index contributed by atoms with van der Waals surface area (Å²) in [5.41, 5.74) is 0. The number of carboxylic acid groups (broad SMARTS) is 1. The van der Waals surface area contributed by atoms with Crippen LogP contribution in [0.15, 0.2) is 0 Å². The summed E-state index contributed by atoms with van der Waals surface area (Å²) in [6.45, 7) is 0. The van der Waals surface area contributed by atoms with E-state index in [4.69, 9.17) is 0 Å². The SMILES string of the molecule is O=C(O)C1CC2CCCCC2N1S(=O)(=O)CCC(F)(F)F. The van der Waals surface area contributed by atoms with Crippen molar-refractivity contribution in [2.24, 2.45) is 5.92 Å². The number of nitrogens with zero attached hydrogens (tertiary/aromatic N) is 1. The topological polar surface area (TPSA) is 74.7 Å². The molecule has 2 rings (SSSR count). The van der Waals surface area contributed by atoms with Gasteiger partial charge in [-0.2, -0.15) is 17.5 Å². The van der Waals surface area contributed by atoms with Gasteiger partial charge in [-0.25, -0.2) is 8.42 Å². The zero-order chi connectivity index (χ0) is 15.8. The summed E-state index contributed by atoms with van der Waals surface area (Å²) in [4.78, 5) is 11.3. The van der Waals surface area contributed by atoms with Crippen molar-refractivity contribution in [2.75, 3.05) is 5.75 Å². The average Bonchev–Trinajstić information content (AvgIpc) is 2.76. The Hall–Kier alpha value is -0.830. The van der Waals surface area contributed by atoms with Crippen molar-refractivity contribution >= 4 is 16.0 Å². The summed E-state index contributed by atoms with van der Waals surface area (Å²) >= 11 is 0. The van der Waals surface area contributed by atoms with Crippen LogP contribution in [0.25, 0.3) is 0 Å². The molecular weight excluding hydrogens is 311 g/mol. The minimum Gasteiger partial charge on any atom is -0.480 e. The van der Waals surface area contributed by atoms with Crippen molar-refractivity contribution in [1.82, 2.24) is 4.31 Å². The predicted octanol–water partition coefficient (Wildman–Crippen LogP) is 1.99. The van der Waals surface area contributed by atoms with E-state index < -0.39 is 46.4 Å². The van der Waals surface area contributed by atoms with Gasteiger partial charge in [-0.3, -0.25) is 4.79 Å². The molecule has 1 aliphatic carbocycles. The Bertz CT molecular complexity index is 505. The second kappa shape index (κ2) is 5.75. The molecule has 0 bridgehead atoms. The number of sulfonamides is 1. The molecule has 1 saturated heterocycles. The molecule has 2 fully saturated rings. The highest BCUT2D eigenvalue weighted by Crippen LogP contribution is 2.41. The summed E-state index contributed by atoms with van der Waals surface area (Å²) in [5, 5.41) is 9.19. The van der Waals surface area contributed by atoms with Gasteiger partial charge < -0.3 is 5.11 Å². The Balaban J connectivity index is 2.22. The lowest BCUT2D eigenvalue weighted by atomic mass is 9.85. The van der Waals surface area contributed by atoms with Crippen LogP contribution in [-0.4, -0.2) is 47.8 Å². The molecule has 5 nitrogen and oxygen atoms in total. The first-order chi connectivity index (χ1) is 9.62. The van der Waals surface area contributed by atoms with Crippen LogP contribution in [0.1, 0.15) is 38.5 Å². The molecule has 0 radical (unpaired) electrons. The predicted molar refractivity (Wildman–Crippen MR) is 68.1 cm³/mol. The minimum atomic E-state index is -4.57. The van der Waals surface area contributed by atoms with Gasteiger partial charge in [0.05, 0.1) is 12.2 Å². The van der Waals surface area contributed by atoms with Gasteiger partial charge in [0.2, 0.25) is 10.0 Å². The first-order valence-electron chi connectivity index (χ1n) is 6.92. The number of aliphatic carboxylic acids is 1. The Morgan fingerprint density at radius 2 is 1.86 bits per heavy atom. The lowest BCUT2D eigenvalue weighted by Gasteiger charge is -2.32. The van der Waals surface area contributed by atoms with Gasteiger partial charge >= 0.3 is 12.1 Å². The number of alkyl halides is 3. The third kappa shape index (κ3) is 3.68. The molecule has 21 heavy (non-hydrogen) atoms. The number of rotatable bonds is 4. The van der Waals surface area contributed by atoms with Crippen molar-refractivity contribution in [3.63, 3.8) is 0 Å². The minimum absolute atomic E-state index is 0.0551. The standard InChI is InChI=1S/C12H18F3NO4S/c13-12(14,15)5-6-21(19,20)16-9-4-2-1-3-8(9)7-10(16)11(17)18/h8-10H,1-7H2,(H,17,18). The van der Waals surface area contributed by atoms with Crippen molar-refractivity contribution in [3.05, 3.63) is 0 Å². The van der Waals surface area contributed by atoms with Crippen LogP contribution >= 0.6 is 0 Å². The molecule has 3 unspecified atom stereocenters. The molecule has 1 N–H and O–H groups in total. The molecular formula is C12H18F3NO4S. The van der Waals surface area contributed by atoms with Gasteiger partial charge in [-0.1, -0.05) is 12.8 Å². The highest BCUT2D eigenvalue weighted by molar-refractivity contribution is 7.89. The van der Waals surface area contributed by atoms with Crippen molar-refractivity contribution < 1.29 is 31.5 Å². The number of carboxylic acids is 1. The maximum Gasteiger partial charge on any atom is 0.390 e. The average molecular weight is 329 g/mol. The third-order valence-electron chi connectivity index (χ3n) is 4.28. The normalized spacial score (nSPS) is 31.1. The second-order valence-corrected chi connectivity index (χ2v) is 7.71. The summed E-state index contributed by atoms with van der Waals surface area (Å²) in [5.74, 6) is -2.41. The lowest BCUT2D eigenvalue weighted by Crippen LogP contribution is -2.47. The molecule has 0 aromatic heterocycles. The first-order valence-corrected chi connectivity index (χ1v) is 8.53. The molecule has 1 saturated carbocycles. The first kappa shape index (κ1) is 16.5. The molecule has 122 valence electrons. The Morgan fingerprint density at radius 1 is 1.24 bits per heavy atom. The van der Waals surface area contributed by atoms with Crippen LogP contribution in [0.4, 0.5) is 13.2 Å². The van der Waals surface area contributed by atoms with Crippen molar-refractivity contribution in [2.45, 2.75) is 56.8 Å². The zero-order valence-corrected chi connectivity index (χ0v) is 12.2. The molecule has 0 aromatic rings. The van der Waals surface area contributed by atoms with E-state index in [1.165, 1.54) is 0 Å². The molecule has 1 heterocycles. The molecule has 9 heteroatoms. The molecule has 1 aliphatic heterocycles. The third-order valence-corrected chi connectivity index (χ3v) is 6.17. The summed E-state index contributed by atoms with van der Waals surface area (Å²) < 4.78 is 62.1. The molecule has 0 spiro atoms. The van der Waals surface area contributed by atoms with Gasteiger partial charge in [0, 0.05) is 6.04 Å². The summed E-state index contributed by atoms with van der Waals surface area (Å²) in [6, 6.07) is -1.69. The van der Waals surface area contributed by atoms with E-state index in [0.29, 0.717) is 6.42 Å². The van der Waals surface area contributed by atoms with Gasteiger partial charge in [0.25, 0.3) is 0 Å². The number of hydrogen-bond acceptors (Lipinski definition) is 3. The van der Waals surface area contributed by atoms with E-state index in [2.05, 4.69) is 0 Å². The summed E-state index contributed by atoms with van der Waals surface area (Å²) in [7, 11) is -4.23. The van der Waals surface area contributed by atoms with E-state index in [1.54, 1.807) is 0 Å². The summed E-state index contributed by atoms with van der Waals surface area (Å²) in [6.07, 6.45) is -2.87. The molecule has 0 aromatic carbocycles. The van der Waals surface area contributed by atoms with E-state index in [9.17, 15) is 31.5 Å². The maximum atomic E-state index is 12.3. The smallest absolute Gasteiger partial charge is 0.390 e. The van der Waals surface area contributed by atoms with Crippen LogP contribution in [0.2, 0.25) is 0 Å². The highest BCUT2D eigenvalue weighted by atomic mass is 32.2. The lowest BCUT2D eigenvalue weighted by molar-refractivity contribution is -0.141. The number of halogens is 3. The van der Waals surface area contributed by atoms with Crippen LogP contribution in [0.5, 0.6) is 0 Å². The van der Waals surface area contributed by atoms with Gasteiger partial charge in [0.15, 0.2) is 0 Å². The number of fused-ring (bicyclic) bond motifs is 1.